The molecule has 1 amide bonds. The quantitative estimate of drug-likeness (QED) is 0.900. The number of hydrogen-bond donors (Lipinski definition) is 1. The smallest absolute Gasteiger partial charge is 0.274 e. The second kappa shape index (κ2) is 5.58. The second-order valence-electron chi connectivity index (χ2n) is 5.40. The molecule has 6 heteroatoms. The molecule has 3 aliphatic rings. The van der Waals surface area contributed by atoms with E-state index in [4.69, 9.17) is 16.3 Å². The molecule has 1 N–H and O–H groups in total. The first-order chi connectivity index (χ1) is 9.69. The molecule has 3 saturated heterocycles. The molecule has 5 nitrogen and oxygen atoms in total. The number of halogens is 1. The molecule has 1 aromatic rings. The molecular weight excluding hydrogens is 278 g/mol. The Hall–Kier alpha value is -1.33. The molecule has 2 unspecified atom stereocenters. The molecule has 0 spiro atoms. The lowest BCUT2D eigenvalue weighted by atomic mass is 9.94. The third kappa shape index (κ3) is 2.47. The van der Waals surface area contributed by atoms with E-state index < -0.39 is 0 Å². The van der Waals surface area contributed by atoms with Gasteiger partial charge in [0.15, 0.2) is 5.69 Å². The van der Waals surface area contributed by atoms with Crippen molar-refractivity contribution in [3.63, 3.8) is 0 Å². The number of methoxy groups -OCH3 is 1. The van der Waals surface area contributed by atoms with Crippen molar-refractivity contribution >= 4 is 17.5 Å². The number of rotatable bonds is 2. The summed E-state index contributed by atoms with van der Waals surface area (Å²) in [4.78, 5) is 18.9. The molecule has 0 radical (unpaired) electrons. The summed E-state index contributed by atoms with van der Waals surface area (Å²) in [5.41, 5.74) is 0.290. The molecule has 4 rings (SSSR count). The Kier molecular flexibility index (Phi) is 3.81. The van der Waals surface area contributed by atoms with Gasteiger partial charge in [0.05, 0.1) is 12.1 Å². The molecule has 1 aromatic heterocycles. The molecule has 4 heterocycles. The van der Waals surface area contributed by atoms with Crippen LogP contribution in [0, 0.1) is 5.92 Å². The van der Waals surface area contributed by atoms with Crippen LogP contribution < -0.4 is 10.1 Å². The molecule has 0 saturated carbocycles. The van der Waals surface area contributed by atoms with Crippen molar-refractivity contribution in [3.8, 4) is 5.88 Å². The predicted molar refractivity (Wildman–Crippen MR) is 76.2 cm³/mol. The summed E-state index contributed by atoms with van der Waals surface area (Å²) in [5, 5.41) is 3.79. The lowest BCUT2D eigenvalue weighted by Crippen LogP contribution is -2.47. The number of aromatic nitrogens is 1. The third-order valence-corrected chi connectivity index (χ3v) is 4.41. The van der Waals surface area contributed by atoms with Crippen molar-refractivity contribution in [2.45, 2.75) is 18.9 Å². The number of carbonyl (C=O) groups is 1. The molecular formula is C14H18ClN3O2. The average molecular weight is 296 g/mol. The Morgan fingerprint density at radius 1 is 1.45 bits per heavy atom. The van der Waals surface area contributed by atoms with Gasteiger partial charge in [-0.15, -0.1) is 0 Å². The van der Waals surface area contributed by atoms with Crippen molar-refractivity contribution in [3.05, 3.63) is 22.8 Å². The van der Waals surface area contributed by atoms with Gasteiger partial charge in [0, 0.05) is 25.2 Å². The van der Waals surface area contributed by atoms with Crippen LogP contribution in [-0.4, -0.2) is 48.6 Å². The number of ether oxygens (including phenoxy) is 1. The van der Waals surface area contributed by atoms with Crippen molar-refractivity contribution in [1.82, 2.24) is 15.2 Å². The number of nitrogens with one attached hydrogen (secondary N) is 1. The van der Waals surface area contributed by atoms with Crippen LogP contribution in [0.1, 0.15) is 23.3 Å². The van der Waals surface area contributed by atoms with E-state index in [0.717, 1.165) is 26.1 Å². The van der Waals surface area contributed by atoms with Crippen LogP contribution in [0.4, 0.5) is 0 Å². The summed E-state index contributed by atoms with van der Waals surface area (Å²) < 4.78 is 5.08. The normalized spacial score (nSPS) is 25.4. The van der Waals surface area contributed by atoms with E-state index >= 15 is 0 Å². The largest absolute Gasteiger partial charge is 0.481 e. The van der Waals surface area contributed by atoms with Crippen molar-refractivity contribution < 1.29 is 9.53 Å². The van der Waals surface area contributed by atoms with Gasteiger partial charge < -0.3 is 15.0 Å². The minimum absolute atomic E-state index is 0.0905. The molecule has 0 aromatic carbocycles. The van der Waals surface area contributed by atoms with Gasteiger partial charge in [0.1, 0.15) is 0 Å². The van der Waals surface area contributed by atoms with E-state index in [1.807, 2.05) is 4.90 Å². The summed E-state index contributed by atoms with van der Waals surface area (Å²) in [6.45, 7) is 2.62. The fourth-order valence-electron chi connectivity index (χ4n) is 3.01. The number of amides is 1. The summed E-state index contributed by atoms with van der Waals surface area (Å²) in [5.74, 6) is 0.852. The van der Waals surface area contributed by atoms with Gasteiger partial charge in [-0.3, -0.25) is 4.79 Å². The number of pyridine rings is 1. The van der Waals surface area contributed by atoms with Gasteiger partial charge >= 0.3 is 0 Å². The predicted octanol–water partition coefficient (Wildman–Crippen LogP) is 1.57. The van der Waals surface area contributed by atoms with E-state index in [-0.39, 0.29) is 11.9 Å². The first-order valence-electron chi connectivity index (χ1n) is 6.91. The Bertz CT molecular complexity index is 519. The fraction of sp³-hybridized carbons (Fsp3) is 0.571. The maximum Gasteiger partial charge on any atom is 0.274 e. The van der Waals surface area contributed by atoms with E-state index in [0.29, 0.717) is 22.5 Å². The van der Waals surface area contributed by atoms with Crippen LogP contribution in [0.5, 0.6) is 5.88 Å². The lowest BCUT2D eigenvalue weighted by molar-refractivity contribution is 0.0584. The molecule has 108 valence electrons. The van der Waals surface area contributed by atoms with Crippen molar-refractivity contribution in [2.24, 2.45) is 5.92 Å². The van der Waals surface area contributed by atoms with Crippen LogP contribution in [0.25, 0.3) is 0 Å². The van der Waals surface area contributed by atoms with Gasteiger partial charge in [0.2, 0.25) is 5.88 Å². The number of fused-ring (bicyclic) bond motifs is 4. The molecule has 0 aliphatic carbocycles. The standard InChI is InChI=1S/C14H18ClN3O2/c1-20-12-5-4-11(15)13(17-12)14(19)18-8-9-2-3-10(18)7-16-6-9/h4-5,9-10,16H,2-3,6-8H2,1H3. The molecule has 3 aliphatic heterocycles. The van der Waals surface area contributed by atoms with E-state index in [1.165, 1.54) is 13.5 Å². The minimum atomic E-state index is -0.0905. The summed E-state index contributed by atoms with van der Waals surface area (Å²) in [6, 6.07) is 3.56. The molecule has 2 bridgehead atoms. The van der Waals surface area contributed by atoms with E-state index in [2.05, 4.69) is 10.3 Å². The van der Waals surface area contributed by atoms with Crippen LogP contribution in [0.15, 0.2) is 12.1 Å². The van der Waals surface area contributed by atoms with Crippen LogP contribution >= 0.6 is 11.6 Å². The van der Waals surface area contributed by atoms with E-state index in [1.54, 1.807) is 12.1 Å². The zero-order valence-electron chi connectivity index (χ0n) is 11.4. The number of piperidine rings is 1. The Labute approximate surface area is 123 Å². The Morgan fingerprint density at radius 2 is 2.30 bits per heavy atom. The van der Waals surface area contributed by atoms with Gasteiger partial charge in [-0.2, -0.15) is 0 Å². The SMILES string of the molecule is COc1ccc(Cl)c(C(=O)N2CC3CCC2CNC3)n1. The number of carbonyl (C=O) groups excluding carboxylic acids is 1. The van der Waals surface area contributed by atoms with Crippen molar-refractivity contribution in [2.75, 3.05) is 26.7 Å². The second-order valence-corrected chi connectivity index (χ2v) is 5.80. The molecule has 2 atom stereocenters. The maximum atomic E-state index is 12.7. The first kappa shape index (κ1) is 13.6. The summed E-state index contributed by atoms with van der Waals surface area (Å²) in [7, 11) is 1.53. The van der Waals surface area contributed by atoms with Gasteiger partial charge in [-0.05, 0) is 31.4 Å². The van der Waals surface area contributed by atoms with E-state index in [9.17, 15) is 4.79 Å². The van der Waals surface area contributed by atoms with Gasteiger partial charge in [0.25, 0.3) is 5.91 Å². The Morgan fingerprint density at radius 3 is 3.10 bits per heavy atom. The topological polar surface area (TPSA) is 54.5 Å². The first-order valence-corrected chi connectivity index (χ1v) is 7.29. The van der Waals surface area contributed by atoms with Crippen LogP contribution in [0.2, 0.25) is 5.02 Å². The molecule has 3 fully saturated rings. The van der Waals surface area contributed by atoms with Crippen molar-refractivity contribution in [1.29, 1.82) is 0 Å². The minimum Gasteiger partial charge on any atom is -0.481 e. The van der Waals surface area contributed by atoms with Crippen LogP contribution in [-0.2, 0) is 0 Å². The number of nitrogens with zero attached hydrogens (tertiary/aromatic N) is 2. The average Bonchev–Trinajstić information content (AvgIpc) is 2.82. The van der Waals surface area contributed by atoms with Gasteiger partial charge in [-0.25, -0.2) is 4.98 Å². The van der Waals surface area contributed by atoms with Gasteiger partial charge in [-0.1, -0.05) is 11.6 Å². The summed E-state index contributed by atoms with van der Waals surface area (Å²) in [6.07, 6.45) is 2.23. The Balaban J connectivity index is 1.88. The highest BCUT2D eigenvalue weighted by molar-refractivity contribution is 6.33. The number of hydrogen-bond acceptors (Lipinski definition) is 4. The summed E-state index contributed by atoms with van der Waals surface area (Å²) >= 11 is 6.13. The highest BCUT2D eigenvalue weighted by atomic mass is 35.5. The lowest BCUT2D eigenvalue weighted by Gasteiger charge is -2.36. The zero-order valence-corrected chi connectivity index (χ0v) is 12.2. The fourth-order valence-corrected chi connectivity index (χ4v) is 3.19. The highest BCUT2D eigenvalue weighted by Gasteiger charge is 2.35. The zero-order chi connectivity index (χ0) is 14.1. The highest BCUT2D eigenvalue weighted by Crippen LogP contribution is 2.27. The third-order valence-electron chi connectivity index (χ3n) is 4.11. The maximum absolute atomic E-state index is 12.7. The molecule has 20 heavy (non-hydrogen) atoms. The van der Waals surface area contributed by atoms with Crippen LogP contribution in [0.3, 0.4) is 0 Å². The monoisotopic (exact) mass is 295 g/mol.